The zero-order valence-corrected chi connectivity index (χ0v) is 12.2. The number of halogens is 1. The Bertz CT molecular complexity index is 578. The molecular formula is C12H15BrN4O2. The molecule has 2 rings (SSSR count). The number of aliphatic hydroxyl groups is 1. The average Bonchev–Trinajstić information content (AvgIpc) is 2.80. The van der Waals surface area contributed by atoms with Crippen LogP contribution in [0.4, 0.5) is 0 Å². The molecule has 0 saturated carbocycles. The van der Waals surface area contributed by atoms with E-state index in [1.165, 1.54) is 6.20 Å². The molecular weight excluding hydrogens is 312 g/mol. The van der Waals surface area contributed by atoms with Gasteiger partial charge in [-0.15, -0.1) is 0 Å². The van der Waals surface area contributed by atoms with Crippen LogP contribution in [0.3, 0.4) is 0 Å². The molecule has 1 amide bonds. The molecule has 0 aliphatic heterocycles. The summed E-state index contributed by atoms with van der Waals surface area (Å²) in [6.07, 6.45) is 5.72. The third-order valence-electron chi connectivity index (χ3n) is 2.71. The molecule has 0 aliphatic rings. The smallest absolute Gasteiger partial charge is 0.259 e. The normalized spacial score (nSPS) is 10.9. The number of rotatable bonds is 5. The molecule has 0 unspecified atom stereocenters. The van der Waals surface area contributed by atoms with Gasteiger partial charge in [-0.2, -0.15) is 5.10 Å². The monoisotopic (exact) mass is 326 g/mol. The molecule has 2 heterocycles. The summed E-state index contributed by atoms with van der Waals surface area (Å²) in [7, 11) is 0. The Hall–Kier alpha value is -1.47. The van der Waals surface area contributed by atoms with Crippen LogP contribution in [0.5, 0.6) is 0 Å². The van der Waals surface area contributed by atoms with E-state index in [1.54, 1.807) is 21.8 Å². The predicted octanol–water partition coefficient (Wildman–Crippen LogP) is 1.34. The van der Waals surface area contributed by atoms with Crippen LogP contribution in [0.15, 0.2) is 23.1 Å². The fraction of sp³-hybridized carbons (Fsp3) is 0.417. The lowest BCUT2D eigenvalue weighted by Crippen LogP contribution is -2.34. The van der Waals surface area contributed by atoms with Crippen LogP contribution in [0.2, 0.25) is 0 Å². The third kappa shape index (κ3) is 2.93. The van der Waals surface area contributed by atoms with Crippen molar-refractivity contribution in [2.75, 3.05) is 19.7 Å². The first kappa shape index (κ1) is 14.0. The van der Waals surface area contributed by atoms with Crippen LogP contribution in [0.1, 0.15) is 23.7 Å². The lowest BCUT2D eigenvalue weighted by Gasteiger charge is -2.20. The number of amides is 1. The Morgan fingerprint density at radius 2 is 2.26 bits per heavy atom. The molecule has 2 aromatic heterocycles. The van der Waals surface area contributed by atoms with Gasteiger partial charge in [-0.3, -0.25) is 4.79 Å². The number of carbonyl (C=O) groups is 1. The first-order valence-corrected chi connectivity index (χ1v) is 6.85. The van der Waals surface area contributed by atoms with Crippen molar-refractivity contribution in [2.24, 2.45) is 0 Å². The van der Waals surface area contributed by atoms with Crippen molar-refractivity contribution in [1.82, 2.24) is 19.5 Å². The minimum absolute atomic E-state index is 0.0517. The fourth-order valence-corrected chi connectivity index (χ4v) is 2.17. The van der Waals surface area contributed by atoms with Gasteiger partial charge in [0.25, 0.3) is 5.91 Å². The lowest BCUT2D eigenvalue weighted by atomic mass is 10.2. The van der Waals surface area contributed by atoms with Crippen molar-refractivity contribution >= 4 is 27.5 Å². The van der Waals surface area contributed by atoms with Crippen molar-refractivity contribution < 1.29 is 9.90 Å². The van der Waals surface area contributed by atoms with E-state index in [9.17, 15) is 4.79 Å². The van der Waals surface area contributed by atoms with Crippen molar-refractivity contribution in [3.05, 3.63) is 28.6 Å². The first-order chi connectivity index (χ1) is 9.17. The van der Waals surface area contributed by atoms with Crippen LogP contribution in [-0.2, 0) is 0 Å². The SMILES string of the molecule is CCCN(CCO)C(=O)c1cnn2cc(Br)cnc12. The standard InChI is InChI=1S/C12H15BrN4O2/c1-2-3-16(4-5-18)12(19)10-7-15-17-8-9(13)6-14-11(10)17/h6-8,18H,2-5H2,1H3. The number of aromatic nitrogens is 3. The molecule has 7 heteroatoms. The van der Waals surface area contributed by atoms with Gasteiger partial charge in [-0.25, -0.2) is 9.50 Å². The highest BCUT2D eigenvalue weighted by Crippen LogP contribution is 2.14. The van der Waals surface area contributed by atoms with Gasteiger partial charge >= 0.3 is 0 Å². The van der Waals surface area contributed by atoms with Gasteiger partial charge in [0.05, 0.1) is 17.3 Å². The zero-order valence-electron chi connectivity index (χ0n) is 10.6. The fourth-order valence-electron chi connectivity index (χ4n) is 1.88. The van der Waals surface area contributed by atoms with E-state index < -0.39 is 0 Å². The molecule has 0 bridgehead atoms. The van der Waals surface area contributed by atoms with Gasteiger partial charge < -0.3 is 10.0 Å². The molecule has 19 heavy (non-hydrogen) atoms. The number of hydrogen-bond acceptors (Lipinski definition) is 4. The summed E-state index contributed by atoms with van der Waals surface area (Å²) < 4.78 is 2.35. The Balaban J connectivity index is 2.34. The Morgan fingerprint density at radius 1 is 1.47 bits per heavy atom. The van der Waals surface area contributed by atoms with Crippen molar-refractivity contribution in [3.8, 4) is 0 Å². The molecule has 0 aliphatic carbocycles. The van der Waals surface area contributed by atoms with Crippen molar-refractivity contribution in [2.45, 2.75) is 13.3 Å². The minimum Gasteiger partial charge on any atom is -0.395 e. The summed E-state index contributed by atoms with van der Waals surface area (Å²) in [5, 5.41) is 13.1. The summed E-state index contributed by atoms with van der Waals surface area (Å²) in [6, 6.07) is 0. The van der Waals surface area contributed by atoms with E-state index in [4.69, 9.17) is 5.11 Å². The Kier molecular flexibility index (Phi) is 4.49. The topological polar surface area (TPSA) is 70.7 Å². The molecule has 2 aromatic rings. The predicted molar refractivity (Wildman–Crippen MR) is 74.0 cm³/mol. The van der Waals surface area contributed by atoms with Gasteiger partial charge in [0.2, 0.25) is 0 Å². The molecule has 0 aromatic carbocycles. The number of carbonyl (C=O) groups excluding carboxylic acids is 1. The highest BCUT2D eigenvalue weighted by molar-refractivity contribution is 9.10. The van der Waals surface area contributed by atoms with Gasteiger partial charge in [0.1, 0.15) is 5.56 Å². The number of hydrogen-bond donors (Lipinski definition) is 1. The highest BCUT2D eigenvalue weighted by atomic mass is 79.9. The summed E-state index contributed by atoms with van der Waals surface area (Å²) in [4.78, 5) is 18.2. The number of nitrogens with zero attached hydrogens (tertiary/aromatic N) is 4. The summed E-state index contributed by atoms with van der Waals surface area (Å²) in [5.41, 5.74) is 0.974. The maximum atomic E-state index is 12.4. The second kappa shape index (κ2) is 6.12. The van der Waals surface area contributed by atoms with Crippen LogP contribution in [0, 0.1) is 0 Å². The number of aliphatic hydroxyl groups excluding tert-OH is 1. The highest BCUT2D eigenvalue weighted by Gasteiger charge is 2.19. The largest absolute Gasteiger partial charge is 0.395 e. The van der Waals surface area contributed by atoms with Gasteiger partial charge in [-0.1, -0.05) is 6.92 Å². The van der Waals surface area contributed by atoms with E-state index in [-0.39, 0.29) is 12.5 Å². The average molecular weight is 327 g/mol. The molecule has 0 atom stereocenters. The maximum Gasteiger partial charge on any atom is 0.259 e. The number of fused-ring (bicyclic) bond motifs is 1. The van der Waals surface area contributed by atoms with Crippen LogP contribution < -0.4 is 0 Å². The summed E-state index contributed by atoms with van der Waals surface area (Å²) >= 11 is 3.31. The lowest BCUT2D eigenvalue weighted by molar-refractivity contribution is 0.0723. The molecule has 6 nitrogen and oxygen atoms in total. The van der Waals surface area contributed by atoms with Crippen LogP contribution in [0.25, 0.3) is 5.65 Å². The van der Waals surface area contributed by atoms with Gasteiger partial charge in [0.15, 0.2) is 5.65 Å². The van der Waals surface area contributed by atoms with Crippen molar-refractivity contribution in [3.63, 3.8) is 0 Å². The van der Waals surface area contributed by atoms with E-state index >= 15 is 0 Å². The zero-order chi connectivity index (χ0) is 13.8. The van der Waals surface area contributed by atoms with Crippen LogP contribution in [-0.4, -0.2) is 50.2 Å². The summed E-state index contributed by atoms with van der Waals surface area (Å²) in [5.74, 6) is -0.152. The van der Waals surface area contributed by atoms with Gasteiger partial charge in [0, 0.05) is 25.5 Å². The first-order valence-electron chi connectivity index (χ1n) is 6.06. The minimum atomic E-state index is -0.152. The second-order valence-electron chi connectivity index (χ2n) is 4.11. The van der Waals surface area contributed by atoms with E-state index in [0.29, 0.717) is 24.3 Å². The van der Waals surface area contributed by atoms with Crippen LogP contribution >= 0.6 is 15.9 Å². The van der Waals surface area contributed by atoms with Gasteiger partial charge in [-0.05, 0) is 22.4 Å². The Morgan fingerprint density at radius 3 is 2.95 bits per heavy atom. The second-order valence-corrected chi connectivity index (χ2v) is 5.03. The molecule has 102 valence electrons. The van der Waals surface area contributed by atoms with Crippen molar-refractivity contribution in [1.29, 1.82) is 0 Å². The van der Waals surface area contributed by atoms with E-state index in [1.807, 2.05) is 6.92 Å². The van der Waals surface area contributed by atoms with E-state index in [0.717, 1.165) is 10.9 Å². The molecule has 0 fully saturated rings. The maximum absolute atomic E-state index is 12.4. The quantitative estimate of drug-likeness (QED) is 0.900. The molecule has 0 spiro atoms. The van der Waals surface area contributed by atoms with E-state index in [2.05, 4.69) is 26.0 Å². The third-order valence-corrected chi connectivity index (χ3v) is 3.12. The molecule has 1 N–H and O–H groups in total. The molecule has 0 radical (unpaired) electrons. The summed E-state index contributed by atoms with van der Waals surface area (Å²) in [6.45, 7) is 2.86. The Labute approximate surface area is 119 Å². The molecule has 0 saturated heterocycles.